The first-order valence-electron chi connectivity index (χ1n) is 4.11. The van der Waals surface area contributed by atoms with Crippen molar-refractivity contribution >= 4 is 0 Å². The highest BCUT2D eigenvalue weighted by molar-refractivity contribution is 4.98. The molecule has 10 heavy (non-hydrogen) atoms. The minimum Gasteiger partial charge on any atom is -0.0851 e. The first-order valence-corrected chi connectivity index (χ1v) is 4.11. The van der Waals surface area contributed by atoms with Gasteiger partial charge in [0.1, 0.15) is 0 Å². The third kappa shape index (κ3) is 5.87. The number of rotatable bonds is 2. The van der Waals surface area contributed by atoms with Crippen molar-refractivity contribution in [2.75, 3.05) is 0 Å². The molecule has 60 valence electrons. The quantitative estimate of drug-likeness (QED) is 0.512. The highest BCUT2D eigenvalue weighted by Crippen LogP contribution is 2.20. The average Bonchev–Trinajstić information content (AvgIpc) is 1.81. The van der Waals surface area contributed by atoms with Crippen LogP contribution in [0.2, 0.25) is 0 Å². The lowest BCUT2D eigenvalue weighted by Crippen LogP contribution is -2.02. The second-order valence-electron chi connectivity index (χ2n) is 4.17. The molecule has 0 nitrogen and oxygen atoms in total. The van der Waals surface area contributed by atoms with Gasteiger partial charge in [-0.1, -0.05) is 39.3 Å². The van der Waals surface area contributed by atoms with Gasteiger partial charge in [0.25, 0.3) is 0 Å². The van der Waals surface area contributed by atoms with Crippen LogP contribution in [0, 0.1) is 5.41 Å². The molecule has 0 atom stereocenters. The lowest BCUT2D eigenvalue weighted by molar-refractivity contribution is 0.419. The fourth-order valence-electron chi connectivity index (χ4n) is 0.625. The van der Waals surface area contributed by atoms with Crippen LogP contribution in [0.3, 0.4) is 0 Å². The summed E-state index contributed by atoms with van der Waals surface area (Å²) in [7, 11) is 0. The van der Waals surface area contributed by atoms with Gasteiger partial charge in [-0.2, -0.15) is 0 Å². The Bertz CT molecular complexity index is 112. The topological polar surface area (TPSA) is 0 Å². The third-order valence-corrected chi connectivity index (χ3v) is 1.62. The molecule has 0 heteroatoms. The maximum atomic E-state index is 2.35. The largest absolute Gasteiger partial charge is 0.0851 e. The molecular formula is C10H20. The number of hydrogen-bond acceptors (Lipinski definition) is 0. The molecule has 0 bridgehead atoms. The average molecular weight is 140 g/mol. The van der Waals surface area contributed by atoms with E-state index in [1.165, 1.54) is 18.4 Å². The molecule has 0 aliphatic rings. The van der Waals surface area contributed by atoms with Gasteiger partial charge in [0.15, 0.2) is 0 Å². The maximum absolute atomic E-state index is 2.35. The first-order chi connectivity index (χ1) is 4.45. The van der Waals surface area contributed by atoms with Crippen molar-refractivity contribution in [1.29, 1.82) is 0 Å². The van der Waals surface area contributed by atoms with Crippen LogP contribution in [-0.2, 0) is 0 Å². The van der Waals surface area contributed by atoms with Gasteiger partial charge in [0.05, 0.1) is 0 Å². The van der Waals surface area contributed by atoms with Crippen LogP contribution in [0.4, 0.5) is 0 Å². The molecule has 0 radical (unpaired) electrons. The van der Waals surface area contributed by atoms with E-state index < -0.39 is 0 Å². The van der Waals surface area contributed by atoms with Crippen molar-refractivity contribution < 1.29 is 0 Å². The summed E-state index contributed by atoms with van der Waals surface area (Å²) in [6, 6.07) is 0. The van der Waals surface area contributed by atoms with Gasteiger partial charge in [0.2, 0.25) is 0 Å². The van der Waals surface area contributed by atoms with Crippen LogP contribution >= 0.6 is 0 Å². The summed E-state index contributed by atoms with van der Waals surface area (Å²) in [6.45, 7) is 11.2. The van der Waals surface area contributed by atoms with E-state index in [1.807, 2.05) is 0 Å². The minimum atomic E-state index is 0.455. The van der Waals surface area contributed by atoms with Gasteiger partial charge in [-0.15, -0.1) is 0 Å². The number of allylic oxidation sites excluding steroid dienone is 2. The van der Waals surface area contributed by atoms with Gasteiger partial charge >= 0.3 is 0 Å². The van der Waals surface area contributed by atoms with Crippen molar-refractivity contribution in [3.63, 3.8) is 0 Å². The van der Waals surface area contributed by atoms with Crippen molar-refractivity contribution in [3.8, 4) is 0 Å². The fraction of sp³-hybridized carbons (Fsp3) is 0.800. The Morgan fingerprint density at radius 2 is 1.80 bits per heavy atom. The monoisotopic (exact) mass is 140 g/mol. The molecule has 0 aromatic rings. The van der Waals surface area contributed by atoms with Crippen LogP contribution < -0.4 is 0 Å². The first kappa shape index (κ1) is 9.74. The summed E-state index contributed by atoms with van der Waals surface area (Å²) in [4.78, 5) is 0. The highest BCUT2D eigenvalue weighted by atomic mass is 14.1. The molecular weight excluding hydrogens is 120 g/mol. The second kappa shape index (κ2) is 3.80. The fourth-order valence-corrected chi connectivity index (χ4v) is 0.625. The molecule has 0 heterocycles. The van der Waals surface area contributed by atoms with E-state index in [2.05, 4.69) is 40.7 Å². The lowest BCUT2D eigenvalue weighted by atomic mass is 9.91. The Morgan fingerprint density at radius 1 is 1.30 bits per heavy atom. The van der Waals surface area contributed by atoms with E-state index in [9.17, 15) is 0 Å². The Hall–Kier alpha value is -0.260. The molecule has 0 rings (SSSR count). The van der Waals surface area contributed by atoms with Crippen LogP contribution in [0.5, 0.6) is 0 Å². The van der Waals surface area contributed by atoms with Crippen molar-refractivity contribution in [2.24, 2.45) is 5.41 Å². The molecule has 0 saturated carbocycles. The van der Waals surface area contributed by atoms with E-state index in [-0.39, 0.29) is 0 Å². The molecule has 0 aliphatic carbocycles. The highest BCUT2D eigenvalue weighted by Gasteiger charge is 2.06. The Labute approximate surface area is 65.3 Å². The Morgan fingerprint density at radius 3 is 2.10 bits per heavy atom. The zero-order valence-electron chi connectivity index (χ0n) is 7.99. The van der Waals surface area contributed by atoms with Crippen LogP contribution in [0.15, 0.2) is 11.6 Å². The van der Waals surface area contributed by atoms with E-state index in [4.69, 9.17) is 0 Å². The Balaban J connectivity index is 3.73. The zero-order valence-corrected chi connectivity index (χ0v) is 7.99. The predicted molar refractivity (Wildman–Crippen MR) is 48.1 cm³/mol. The van der Waals surface area contributed by atoms with Gasteiger partial charge in [-0.05, 0) is 25.2 Å². The second-order valence-corrected chi connectivity index (χ2v) is 4.17. The third-order valence-electron chi connectivity index (χ3n) is 1.62. The Kier molecular flexibility index (Phi) is 3.70. The zero-order chi connectivity index (χ0) is 8.20. The summed E-state index contributed by atoms with van der Waals surface area (Å²) in [5.74, 6) is 0. The van der Waals surface area contributed by atoms with E-state index in [0.717, 1.165) is 0 Å². The molecule has 0 spiro atoms. The molecule has 0 aromatic heterocycles. The minimum absolute atomic E-state index is 0.455. The summed E-state index contributed by atoms with van der Waals surface area (Å²) >= 11 is 0. The van der Waals surface area contributed by atoms with Crippen molar-refractivity contribution in [2.45, 2.75) is 47.5 Å². The molecule has 0 aromatic carbocycles. The summed E-state index contributed by atoms with van der Waals surface area (Å²) < 4.78 is 0. The van der Waals surface area contributed by atoms with Crippen molar-refractivity contribution in [1.82, 2.24) is 0 Å². The summed E-state index contributed by atoms with van der Waals surface area (Å²) in [6.07, 6.45) is 4.74. The van der Waals surface area contributed by atoms with Crippen LogP contribution in [0.1, 0.15) is 47.5 Å². The maximum Gasteiger partial charge on any atom is -0.0299 e. The SMILES string of the molecule is CC/C(C)=C/CC(C)(C)C. The molecule has 0 fully saturated rings. The van der Waals surface area contributed by atoms with Gasteiger partial charge < -0.3 is 0 Å². The van der Waals surface area contributed by atoms with Crippen LogP contribution in [-0.4, -0.2) is 0 Å². The van der Waals surface area contributed by atoms with E-state index in [0.29, 0.717) is 5.41 Å². The van der Waals surface area contributed by atoms with Gasteiger partial charge in [-0.25, -0.2) is 0 Å². The van der Waals surface area contributed by atoms with Crippen LogP contribution in [0.25, 0.3) is 0 Å². The summed E-state index contributed by atoms with van der Waals surface area (Å²) in [5, 5.41) is 0. The predicted octanol–water partition coefficient (Wildman–Crippen LogP) is 3.78. The standard InChI is InChI=1S/C10H20/c1-6-9(2)7-8-10(3,4)5/h7H,6,8H2,1-5H3/b9-7+. The van der Waals surface area contributed by atoms with E-state index in [1.54, 1.807) is 0 Å². The van der Waals surface area contributed by atoms with Gasteiger partial charge in [0, 0.05) is 0 Å². The number of hydrogen-bond donors (Lipinski definition) is 0. The molecule has 0 amide bonds. The van der Waals surface area contributed by atoms with Crippen molar-refractivity contribution in [3.05, 3.63) is 11.6 Å². The molecule has 0 N–H and O–H groups in total. The van der Waals surface area contributed by atoms with E-state index >= 15 is 0 Å². The van der Waals surface area contributed by atoms with Gasteiger partial charge in [-0.3, -0.25) is 0 Å². The normalized spacial score (nSPS) is 13.9. The smallest absolute Gasteiger partial charge is 0.0299 e. The lowest BCUT2D eigenvalue weighted by Gasteiger charge is -2.15. The summed E-state index contributed by atoms with van der Waals surface area (Å²) in [5.41, 5.74) is 1.96. The molecule has 0 unspecified atom stereocenters. The molecule has 0 saturated heterocycles. The molecule has 0 aliphatic heterocycles.